The maximum Gasteiger partial charge on any atom is 0.252 e. The van der Waals surface area contributed by atoms with Crippen LogP contribution < -0.4 is 5.32 Å². The fraction of sp³-hybridized carbons (Fsp3) is 0.105. The summed E-state index contributed by atoms with van der Waals surface area (Å²) in [5.41, 5.74) is 3.04. The molecule has 0 spiro atoms. The molecular formula is C19H15NO3. The number of hydrogen-bond acceptors (Lipinski definition) is 3. The molecule has 1 N–H and O–H groups in total. The monoisotopic (exact) mass is 305 g/mol. The summed E-state index contributed by atoms with van der Waals surface area (Å²) in [6.45, 7) is 1.48. The first-order valence-electron chi connectivity index (χ1n) is 7.30. The number of carbonyl (C=O) groups is 3. The lowest BCUT2D eigenvalue weighted by Crippen LogP contribution is -2.23. The molecule has 1 aliphatic rings. The second-order valence-corrected chi connectivity index (χ2v) is 5.46. The van der Waals surface area contributed by atoms with Crippen molar-refractivity contribution in [3.63, 3.8) is 0 Å². The van der Waals surface area contributed by atoms with E-state index in [0.29, 0.717) is 28.8 Å². The highest BCUT2D eigenvalue weighted by Crippen LogP contribution is 2.26. The van der Waals surface area contributed by atoms with Gasteiger partial charge in [0.25, 0.3) is 5.91 Å². The quantitative estimate of drug-likeness (QED) is 0.699. The molecule has 3 rings (SSSR count). The van der Waals surface area contributed by atoms with Gasteiger partial charge >= 0.3 is 0 Å². The largest absolute Gasteiger partial charge is 0.322 e. The number of benzene rings is 2. The molecule has 0 saturated carbocycles. The Morgan fingerprint density at radius 1 is 1.04 bits per heavy atom. The van der Waals surface area contributed by atoms with Crippen molar-refractivity contribution in [1.82, 2.24) is 0 Å². The molecule has 1 heterocycles. The summed E-state index contributed by atoms with van der Waals surface area (Å²) in [6, 6.07) is 14.0. The standard InChI is InChI=1S/C19H15NO3/c1-12(21)14-7-8-15-9-16(19(23)20-17(15)10-14)11-18(22)13-5-3-2-4-6-13/h2-8,10-11H,9H2,1H3,(H,20,23)/b16-11+. The fourth-order valence-electron chi connectivity index (χ4n) is 2.51. The van der Waals surface area contributed by atoms with Crippen LogP contribution in [0.3, 0.4) is 0 Å². The Bertz CT molecular complexity index is 835. The molecule has 0 radical (unpaired) electrons. The van der Waals surface area contributed by atoms with Gasteiger partial charge in [0.2, 0.25) is 0 Å². The number of rotatable bonds is 3. The maximum absolute atomic E-state index is 12.2. The number of nitrogens with one attached hydrogen (secondary N) is 1. The third-order valence-electron chi connectivity index (χ3n) is 3.80. The summed E-state index contributed by atoms with van der Waals surface area (Å²) in [5, 5.41) is 2.75. The minimum Gasteiger partial charge on any atom is -0.322 e. The van der Waals surface area contributed by atoms with Gasteiger partial charge in [-0.25, -0.2) is 0 Å². The second kappa shape index (κ2) is 6.01. The van der Waals surface area contributed by atoms with Crippen molar-refractivity contribution >= 4 is 23.2 Å². The van der Waals surface area contributed by atoms with Crippen LogP contribution in [0.5, 0.6) is 0 Å². The number of hydrogen-bond donors (Lipinski definition) is 1. The van der Waals surface area contributed by atoms with E-state index in [2.05, 4.69) is 5.32 Å². The molecule has 0 unspecified atom stereocenters. The van der Waals surface area contributed by atoms with E-state index < -0.39 is 0 Å². The van der Waals surface area contributed by atoms with Crippen LogP contribution in [0.4, 0.5) is 5.69 Å². The minimum absolute atomic E-state index is 0.0531. The van der Waals surface area contributed by atoms with Crippen molar-refractivity contribution in [2.45, 2.75) is 13.3 Å². The topological polar surface area (TPSA) is 63.2 Å². The normalized spacial score (nSPS) is 15.0. The molecular weight excluding hydrogens is 290 g/mol. The number of Topliss-reactive ketones (excluding diaryl/α,β-unsaturated/α-hetero) is 1. The zero-order chi connectivity index (χ0) is 16.4. The predicted octanol–water partition coefficient (Wildman–Crippen LogP) is 3.19. The van der Waals surface area contributed by atoms with Crippen molar-refractivity contribution in [3.05, 3.63) is 76.9 Å². The van der Waals surface area contributed by atoms with Crippen LogP contribution in [-0.4, -0.2) is 17.5 Å². The first-order valence-corrected chi connectivity index (χ1v) is 7.30. The van der Waals surface area contributed by atoms with Crippen LogP contribution in [0.25, 0.3) is 0 Å². The summed E-state index contributed by atoms with van der Waals surface area (Å²) in [4.78, 5) is 35.8. The number of allylic oxidation sites excluding steroid dienone is 1. The van der Waals surface area contributed by atoms with Gasteiger partial charge in [-0.15, -0.1) is 0 Å². The molecule has 0 fully saturated rings. The van der Waals surface area contributed by atoms with E-state index in [1.165, 1.54) is 13.0 Å². The fourth-order valence-corrected chi connectivity index (χ4v) is 2.51. The number of ketones is 2. The van der Waals surface area contributed by atoms with E-state index in [4.69, 9.17) is 0 Å². The summed E-state index contributed by atoms with van der Waals surface area (Å²) in [6.07, 6.45) is 1.75. The SMILES string of the molecule is CC(=O)c1ccc2c(c1)NC(=O)/C(=C/C(=O)c1ccccc1)C2. The number of anilines is 1. The Morgan fingerprint density at radius 2 is 1.78 bits per heavy atom. The lowest BCUT2D eigenvalue weighted by molar-refractivity contribution is -0.113. The Balaban J connectivity index is 1.89. The Labute approximate surface area is 133 Å². The molecule has 2 aromatic carbocycles. The van der Waals surface area contributed by atoms with E-state index in [9.17, 15) is 14.4 Å². The summed E-state index contributed by atoms with van der Waals surface area (Å²) >= 11 is 0. The predicted molar refractivity (Wildman–Crippen MR) is 87.6 cm³/mol. The number of carbonyl (C=O) groups excluding carboxylic acids is 3. The molecule has 4 heteroatoms. The third-order valence-corrected chi connectivity index (χ3v) is 3.80. The van der Waals surface area contributed by atoms with Crippen molar-refractivity contribution in [1.29, 1.82) is 0 Å². The van der Waals surface area contributed by atoms with Gasteiger partial charge < -0.3 is 5.32 Å². The molecule has 23 heavy (non-hydrogen) atoms. The van der Waals surface area contributed by atoms with Crippen molar-refractivity contribution in [2.75, 3.05) is 5.32 Å². The van der Waals surface area contributed by atoms with Crippen molar-refractivity contribution in [3.8, 4) is 0 Å². The van der Waals surface area contributed by atoms with E-state index >= 15 is 0 Å². The molecule has 114 valence electrons. The lowest BCUT2D eigenvalue weighted by Gasteiger charge is -2.19. The molecule has 0 saturated heterocycles. The average Bonchev–Trinajstić information content (AvgIpc) is 2.55. The summed E-state index contributed by atoms with van der Waals surface area (Å²) in [5.74, 6) is -0.551. The lowest BCUT2D eigenvalue weighted by atomic mass is 9.94. The summed E-state index contributed by atoms with van der Waals surface area (Å²) in [7, 11) is 0. The Kier molecular flexibility index (Phi) is 3.89. The zero-order valence-corrected chi connectivity index (χ0v) is 12.6. The highest BCUT2D eigenvalue weighted by atomic mass is 16.2. The molecule has 0 bridgehead atoms. The van der Waals surface area contributed by atoms with Gasteiger partial charge in [-0.05, 0) is 24.6 Å². The van der Waals surface area contributed by atoms with E-state index in [1.54, 1.807) is 36.4 Å². The zero-order valence-electron chi connectivity index (χ0n) is 12.6. The molecule has 1 aliphatic heterocycles. The Hall–Kier alpha value is -3.01. The smallest absolute Gasteiger partial charge is 0.252 e. The van der Waals surface area contributed by atoms with Crippen LogP contribution in [-0.2, 0) is 11.2 Å². The average molecular weight is 305 g/mol. The molecule has 0 atom stereocenters. The van der Waals surface area contributed by atoms with Crippen LogP contribution in [0.2, 0.25) is 0 Å². The van der Waals surface area contributed by atoms with Gasteiger partial charge in [0.15, 0.2) is 11.6 Å². The molecule has 0 aromatic heterocycles. The molecule has 0 aliphatic carbocycles. The maximum atomic E-state index is 12.2. The second-order valence-electron chi connectivity index (χ2n) is 5.46. The van der Waals surface area contributed by atoms with E-state index in [-0.39, 0.29) is 17.5 Å². The third kappa shape index (κ3) is 3.11. The van der Waals surface area contributed by atoms with Crippen LogP contribution in [0.15, 0.2) is 60.2 Å². The first-order chi connectivity index (χ1) is 11.0. The van der Waals surface area contributed by atoms with Gasteiger partial charge in [-0.3, -0.25) is 14.4 Å². The molecule has 2 aromatic rings. The van der Waals surface area contributed by atoms with Gasteiger partial charge in [-0.2, -0.15) is 0 Å². The Morgan fingerprint density at radius 3 is 2.48 bits per heavy atom. The minimum atomic E-state index is -0.303. The first kappa shape index (κ1) is 14.9. The number of fused-ring (bicyclic) bond motifs is 1. The van der Waals surface area contributed by atoms with Crippen LogP contribution >= 0.6 is 0 Å². The molecule has 1 amide bonds. The summed E-state index contributed by atoms with van der Waals surface area (Å²) < 4.78 is 0. The van der Waals surface area contributed by atoms with Gasteiger partial charge in [-0.1, -0.05) is 42.5 Å². The van der Waals surface area contributed by atoms with Crippen LogP contribution in [0.1, 0.15) is 33.2 Å². The highest BCUT2D eigenvalue weighted by Gasteiger charge is 2.21. The molecule has 4 nitrogen and oxygen atoms in total. The van der Waals surface area contributed by atoms with Crippen molar-refractivity contribution in [2.24, 2.45) is 0 Å². The van der Waals surface area contributed by atoms with Crippen molar-refractivity contribution < 1.29 is 14.4 Å². The highest BCUT2D eigenvalue weighted by molar-refractivity contribution is 6.14. The van der Waals surface area contributed by atoms with E-state index in [0.717, 1.165) is 5.56 Å². The van der Waals surface area contributed by atoms with E-state index in [1.807, 2.05) is 12.1 Å². The van der Waals surface area contributed by atoms with Gasteiger partial charge in [0.05, 0.1) is 0 Å². The number of amides is 1. The van der Waals surface area contributed by atoms with Gasteiger partial charge in [0.1, 0.15) is 0 Å². The van der Waals surface area contributed by atoms with Crippen LogP contribution in [0, 0.1) is 0 Å². The van der Waals surface area contributed by atoms with Gasteiger partial charge in [0, 0.05) is 28.8 Å².